The lowest BCUT2D eigenvalue weighted by molar-refractivity contribution is -0.151. The molecule has 1 aromatic carbocycles. The average Bonchev–Trinajstić information content (AvgIpc) is 2.45. The lowest BCUT2D eigenvalue weighted by Crippen LogP contribution is -2.61. The van der Waals surface area contributed by atoms with E-state index in [0.29, 0.717) is 6.61 Å². The maximum Gasteiger partial charge on any atom is 0.256 e. The van der Waals surface area contributed by atoms with Gasteiger partial charge in [0.15, 0.2) is 6.10 Å². The van der Waals surface area contributed by atoms with E-state index < -0.39 is 6.10 Å². The van der Waals surface area contributed by atoms with Crippen LogP contribution in [0.3, 0.4) is 0 Å². The lowest BCUT2D eigenvalue weighted by atomic mass is 9.94. The molecule has 1 amide bonds. The normalized spacial score (nSPS) is 25.1. The third-order valence-electron chi connectivity index (χ3n) is 4.28. The predicted molar refractivity (Wildman–Crippen MR) is 77.5 cm³/mol. The van der Waals surface area contributed by atoms with Crippen LogP contribution in [-0.2, 0) is 16.0 Å². The van der Waals surface area contributed by atoms with Crippen LogP contribution in [-0.4, -0.2) is 42.6 Å². The van der Waals surface area contributed by atoms with Crippen molar-refractivity contribution in [2.45, 2.75) is 31.9 Å². The molecule has 0 saturated carbocycles. The van der Waals surface area contributed by atoms with Gasteiger partial charge in [-0.1, -0.05) is 24.3 Å². The van der Waals surface area contributed by atoms with Gasteiger partial charge in [-0.25, -0.2) is 0 Å². The molecule has 0 radical (unpaired) electrons. The summed E-state index contributed by atoms with van der Waals surface area (Å²) >= 11 is 0. The van der Waals surface area contributed by atoms with E-state index in [9.17, 15) is 4.79 Å². The molecule has 0 bridgehead atoms. The zero-order valence-electron chi connectivity index (χ0n) is 12.2. The van der Waals surface area contributed by atoms with E-state index in [1.54, 1.807) is 0 Å². The molecular weight excluding hydrogens is 252 g/mol. The first kappa shape index (κ1) is 13.6. The summed E-state index contributed by atoms with van der Waals surface area (Å²) in [6.07, 6.45) is 0.461. The first-order valence-corrected chi connectivity index (χ1v) is 7.31. The van der Waals surface area contributed by atoms with Gasteiger partial charge in [0.1, 0.15) is 0 Å². The van der Waals surface area contributed by atoms with Crippen molar-refractivity contribution in [2.24, 2.45) is 0 Å². The molecular formula is C16H22N2O2. The van der Waals surface area contributed by atoms with E-state index in [2.05, 4.69) is 25.2 Å². The summed E-state index contributed by atoms with van der Waals surface area (Å²) < 4.78 is 5.80. The third-order valence-corrected chi connectivity index (χ3v) is 4.28. The highest BCUT2D eigenvalue weighted by molar-refractivity contribution is 5.84. The second-order valence-electron chi connectivity index (χ2n) is 6.18. The van der Waals surface area contributed by atoms with Gasteiger partial charge in [0.05, 0.1) is 6.61 Å². The largest absolute Gasteiger partial charge is 0.363 e. The summed E-state index contributed by atoms with van der Waals surface area (Å²) in [6.45, 7) is 7.25. The molecule has 20 heavy (non-hydrogen) atoms. The Kier molecular flexibility index (Phi) is 3.52. The van der Waals surface area contributed by atoms with E-state index in [4.69, 9.17) is 4.74 Å². The van der Waals surface area contributed by atoms with Gasteiger partial charge in [-0.2, -0.15) is 0 Å². The van der Waals surface area contributed by atoms with Crippen LogP contribution in [0.25, 0.3) is 0 Å². The van der Waals surface area contributed by atoms with Gasteiger partial charge in [-0.3, -0.25) is 4.79 Å². The summed E-state index contributed by atoms with van der Waals surface area (Å²) in [6, 6.07) is 8.13. The molecule has 0 aromatic heterocycles. The molecule has 0 aliphatic carbocycles. The molecule has 2 heterocycles. The third kappa shape index (κ3) is 2.34. The molecule has 4 nitrogen and oxygen atoms in total. The maximum absolute atomic E-state index is 12.9. The molecule has 1 atom stereocenters. The number of piperazine rings is 1. The molecule has 1 N–H and O–H groups in total. The molecule has 1 aromatic rings. The van der Waals surface area contributed by atoms with E-state index in [0.717, 1.165) is 31.6 Å². The van der Waals surface area contributed by atoms with Crippen LogP contribution in [0, 0.1) is 0 Å². The van der Waals surface area contributed by atoms with Gasteiger partial charge < -0.3 is 15.0 Å². The number of amides is 1. The number of hydrogen-bond donors (Lipinski definition) is 1. The zero-order valence-corrected chi connectivity index (χ0v) is 12.2. The second-order valence-corrected chi connectivity index (χ2v) is 6.18. The van der Waals surface area contributed by atoms with Gasteiger partial charge >= 0.3 is 0 Å². The number of hydrogen-bond acceptors (Lipinski definition) is 3. The SMILES string of the molecule is CC1(C)CNCCN1C(=O)C1OCCc2ccccc21. The standard InChI is InChI=1S/C16H22N2O2/c1-16(2)11-17-8-9-18(16)15(19)14-13-6-4-3-5-12(13)7-10-20-14/h3-6,14,17H,7-11H2,1-2H3. The molecule has 2 aliphatic heterocycles. The Balaban J connectivity index is 1.88. The highest BCUT2D eigenvalue weighted by Gasteiger charge is 2.38. The van der Waals surface area contributed by atoms with Crippen LogP contribution in [0.5, 0.6) is 0 Å². The quantitative estimate of drug-likeness (QED) is 0.844. The van der Waals surface area contributed by atoms with E-state index in [1.165, 1.54) is 5.56 Å². The van der Waals surface area contributed by atoms with Gasteiger partial charge in [0.2, 0.25) is 0 Å². The van der Waals surface area contributed by atoms with Crippen LogP contribution in [0.15, 0.2) is 24.3 Å². The van der Waals surface area contributed by atoms with Crippen LogP contribution >= 0.6 is 0 Å². The fraction of sp³-hybridized carbons (Fsp3) is 0.562. The van der Waals surface area contributed by atoms with Crippen molar-refractivity contribution in [2.75, 3.05) is 26.2 Å². The van der Waals surface area contributed by atoms with Crippen molar-refractivity contribution >= 4 is 5.91 Å². The molecule has 4 heteroatoms. The summed E-state index contributed by atoms with van der Waals surface area (Å²) in [5.41, 5.74) is 2.12. The van der Waals surface area contributed by atoms with E-state index in [1.807, 2.05) is 23.1 Å². The van der Waals surface area contributed by atoms with E-state index >= 15 is 0 Å². The Morgan fingerprint density at radius 2 is 2.20 bits per heavy atom. The molecule has 3 rings (SSSR count). The van der Waals surface area contributed by atoms with Crippen molar-refractivity contribution in [3.8, 4) is 0 Å². The van der Waals surface area contributed by atoms with Crippen molar-refractivity contribution in [3.05, 3.63) is 35.4 Å². The topological polar surface area (TPSA) is 41.6 Å². The highest BCUT2D eigenvalue weighted by atomic mass is 16.5. The number of rotatable bonds is 1. The molecule has 1 unspecified atom stereocenters. The number of carbonyl (C=O) groups is 1. The van der Waals surface area contributed by atoms with Crippen molar-refractivity contribution in [3.63, 3.8) is 0 Å². The lowest BCUT2D eigenvalue weighted by Gasteiger charge is -2.44. The average molecular weight is 274 g/mol. The van der Waals surface area contributed by atoms with Gasteiger partial charge in [-0.05, 0) is 31.4 Å². The number of nitrogens with one attached hydrogen (secondary N) is 1. The maximum atomic E-state index is 12.9. The molecule has 108 valence electrons. The number of carbonyl (C=O) groups excluding carboxylic acids is 1. The zero-order chi connectivity index (χ0) is 14.2. The number of benzene rings is 1. The Bertz CT molecular complexity index is 513. The van der Waals surface area contributed by atoms with Gasteiger partial charge in [0, 0.05) is 25.2 Å². The van der Waals surface area contributed by atoms with Gasteiger partial charge in [-0.15, -0.1) is 0 Å². The Labute approximate surface area is 120 Å². The van der Waals surface area contributed by atoms with E-state index in [-0.39, 0.29) is 11.4 Å². The smallest absolute Gasteiger partial charge is 0.256 e. The minimum absolute atomic E-state index is 0.101. The Hall–Kier alpha value is -1.39. The predicted octanol–water partition coefficient (Wildman–Crippen LogP) is 1.51. The summed E-state index contributed by atoms with van der Waals surface area (Å²) in [5.74, 6) is 0.101. The Morgan fingerprint density at radius 3 is 3.00 bits per heavy atom. The number of ether oxygens (including phenoxy) is 1. The van der Waals surface area contributed by atoms with Crippen LogP contribution < -0.4 is 5.32 Å². The second kappa shape index (κ2) is 5.19. The molecule has 2 aliphatic rings. The molecule has 1 fully saturated rings. The summed E-state index contributed by atoms with van der Waals surface area (Å²) in [5, 5.41) is 3.35. The minimum Gasteiger partial charge on any atom is -0.363 e. The minimum atomic E-state index is -0.433. The Morgan fingerprint density at radius 1 is 1.40 bits per heavy atom. The van der Waals surface area contributed by atoms with Crippen molar-refractivity contribution in [1.82, 2.24) is 10.2 Å². The summed E-state index contributed by atoms with van der Waals surface area (Å²) in [4.78, 5) is 14.9. The highest BCUT2D eigenvalue weighted by Crippen LogP contribution is 2.31. The summed E-state index contributed by atoms with van der Waals surface area (Å²) in [7, 11) is 0. The fourth-order valence-corrected chi connectivity index (χ4v) is 3.13. The monoisotopic (exact) mass is 274 g/mol. The van der Waals surface area contributed by atoms with Crippen LogP contribution in [0.2, 0.25) is 0 Å². The molecule has 1 saturated heterocycles. The number of fused-ring (bicyclic) bond motifs is 1. The van der Waals surface area contributed by atoms with Crippen LogP contribution in [0.1, 0.15) is 31.1 Å². The first-order chi connectivity index (χ1) is 9.59. The van der Waals surface area contributed by atoms with Crippen LogP contribution in [0.4, 0.5) is 0 Å². The van der Waals surface area contributed by atoms with Gasteiger partial charge in [0.25, 0.3) is 5.91 Å². The van der Waals surface area contributed by atoms with Crippen molar-refractivity contribution in [1.29, 1.82) is 0 Å². The molecule has 0 spiro atoms. The first-order valence-electron chi connectivity index (χ1n) is 7.31. The fourth-order valence-electron chi connectivity index (χ4n) is 3.13. The number of nitrogens with zero attached hydrogens (tertiary/aromatic N) is 1. The van der Waals surface area contributed by atoms with Crippen molar-refractivity contribution < 1.29 is 9.53 Å².